The average molecular weight is 414 g/mol. The van der Waals surface area contributed by atoms with E-state index in [0.717, 1.165) is 22.3 Å². The van der Waals surface area contributed by atoms with Crippen molar-refractivity contribution in [2.45, 2.75) is 44.5 Å². The molecule has 0 bridgehead atoms. The van der Waals surface area contributed by atoms with Crippen molar-refractivity contribution in [3.8, 4) is 5.88 Å². The molecule has 0 fully saturated rings. The number of benzene rings is 1. The number of ether oxygens (including phenoxy) is 1. The van der Waals surface area contributed by atoms with Gasteiger partial charge in [-0.15, -0.1) is 5.10 Å². The molecule has 0 radical (unpaired) electrons. The molecule has 29 heavy (non-hydrogen) atoms. The van der Waals surface area contributed by atoms with Crippen molar-refractivity contribution in [3.63, 3.8) is 0 Å². The van der Waals surface area contributed by atoms with Crippen molar-refractivity contribution in [2.75, 3.05) is 12.8 Å². The summed E-state index contributed by atoms with van der Waals surface area (Å²) in [7, 11) is 0. The van der Waals surface area contributed by atoms with E-state index >= 15 is 0 Å². The van der Waals surface area contributed by atoms with Crippen LogP contribution in [0.1, 0.15) is 32.0 Å². The fraction of sp³-hybridized carbons (Fsp3) is 0.421. The highest BCUT2D eigenvalue weighted by atomic mass is 32.2. The van der Waals surface area contributed by atoms with Gasteiger partial charge < -0.3 is 14.5 Å². The van der Waals surface area contributed by atoms with E-state index < -0.39 is 5.60 Å². The average Bonchev–Trinajstić information content (AvgIpc) is 3.09. The van der Waals surface area contributed by atoms with Crippen molar-refractivity contribution >= 4 is 28.9 Å². The largest absolute Gasteiger partial charge is 0.444 e. The summed E-state index contributed by atoms with van der Waals surface area (Å²) in [5.74, 6) is 0.429. The molecule has 0 aliphatic carbocycles. The molecule has 3 heterocycles. The Labute approximate surface area is 172 Å². The maximum atomic E-state index is 12.5. The molecule has 3 aromatic rings. The van der Waals surface area contributed by atoms with Crippen LogP contribution >= 0.6 is 11.8 Å². The van der Waals surface area contributed by atoms with Gasteiger partial charge in [0.15, 0.2) is 5.16 Å². The van der Waals surface area contributed by atoms with E-state index in [4.69, 9.17) is 9.57 Å². The third kappa shape index (κ3) is 4.12. The van der Waals surface area contributed by atoms with Gasteiger partial charge in [-0.25, -0.2) is 9.78 Å². The van der Waals surface area contributed by atoms with Gasteiger partial charge in [-0.2, -0.15) is 4.98 Å². The molecule has 152 valence electrons. The van der Waals surface area contributed by atoms with Crippen molar-refractivity contribution in [1.82, 2.24) is 30.0 Å². The number of nitrogens with zero attached hydrogens (tertiary/aromatic N) is 6. The van der Waals surface area contributed by atoms with Gasteiger partial charge in [0.25, 0.3) is 5.88 Å². The summed E-state index contributed by atoms with van der Waals surface area (Å²) in [6.45, 7) is 6.40. The van der Waals surface area contributed by atoms with Crippen LogP contribution in [-0.2, 0) is 17.7 Å². The van der Waals surface area contributed by atoms with Gasteiger partial charge in [-0.3, -0.25) is 0 Å². The first-order valence-corrected chi connectivity index (χ1v) is 10.5. The van der Waals surface area contributed by atoms with E-state index in [2.05, 4.69) is 20.3 Å². The second kappa shape index (κ2) is 7.51. The lowest BCUT2D eigenvalue weighted by atomic mass is 10.1. The van der Waals surface area contributed by atoms with Gasteiger partial charge in [-0.05, 0) is 50.8 Å². The molecule has 2 aromatic heterocycles. The fourth-order valence-corrected chi connectivity index (χ4v) is 3.40. The Morgan fingerprint density at radius 2 is 2.00 bits per heavy atom. The van der Waals surface area contributed by atoms with Crippen LogP contribution < -0.4 is 4.84 Å². The van der Waals surface area contributed by atoms with Gasteiger partial charge in [-0.1, -0.05) is 28.7 Å². The number of rotatable bonds is 3. The number of hydrogen-bond donors (Lipinski definition) is 0. The smallest absolute Gasteiger partial charge is 0.410 e. The Hall–Kier alpha value is -2.88. The quantitative estimate of drug-likeness (QED) is 0.477. The first-order chi connectivity index (χ1) is 13.8. The summed E-state index contributed by atoms with van der Waals surface area (Å²) < 4.78 is 5.50. The number of carbonyl (C=O) groups is 1. The second-order valence-corrected chi connectivity index (χ2v) is 8.41. The minimum absolute atomic E-state index is 0.342. The Morgan fingerprint density at radius 3 is 2.76 bits per heavy atom. The van der Waals surface area contributed by atoms with Gasteiger partial charge in [0, 0.05) is 12.1 Å². The van der Waals surface area contributed by atoms with Gasteiger partial charge >= 0.3 is 6.09 Å². The molecule has 9 nitrogen and oxygen atoms in total. The number of para-hydroxylation sites is 1. The predicted octanol–water partition coefficient (Wildman–Crippen LogP) is 3.08. The summed E-state index contributed by atoms with van der Waals surface area (Å²) in [5, 5.41) is 8.74. The van der Waals surface area contributed by atoms with Crippen LogP contribution in [0.25, 0.3) is 11.0 Å². The zero-order valence-corrected chi connectivity index (χ0v) is 17.6. The minimum atomic E-state index is -0.546. The van der Waals surface area contributed by atoms with Gasteiger partial charge in [0.1, 0.15) is 16.6 Å². The van der Waals surface area contributed by atoms with Crippen molar-refractivity contribution in [2.24, 2.45) is 0 Å². The fourth-order valence-electron chi connectivity index (χ4n) is 3.02. The van der Waals surface area contributed by atoms with E-state index in [1.54, 1.807) is 4.90 Å². The predicted molar refractivity (Wildman–Crippen MR) is 108 cm³/mol. The molecule has 4 rings (SSSR count). The monoisotopic (exact) mass is 414 g/mol. The summed E-state index contributed by atoms with van der Waals surface area (Å²) in [6.07, 6.45) is 2.10. The van der Waals surface area contributed by atoms with Gasteiger partial charge in [0.2, 0.25) is 0 Å². The first-order valence-electron chi connectivity index (χ1n) is 9.24. The lowest BCUT2D eigenvalue weighted by molar-refractivity contribution is 0.0217. The highest BCUT2D eigenvalue weighted by Crippen LogP contribution is 2.29. The molecule has 1 aliphatic heterocycles. The van der Waals surface area contributed by atoms with E-state index in [9.17, 15) is 4.79 Å². The first kappa shape index (κ1) is 19.4. The number of thioether (sulfide) groups is 1. The highest BCUT2D eigenvalue weighted by Gasteiger charge is 2.29. The molecule has 1 amide bonds. The summed E-state index contributed by atoms with van der Waals surface area (Å²) in [6, 6.07) is 7.53. The van der Waals surface area contributed by atoms with Crippen LogP contribution in [-0.4, -0.2) is 54.5 Å². The van der Waals surface area contributed by atoms with E-state index in [0.29, 0.717) is 30.5 Å². The summed E-state index contributed by atoms with van der Waals surface area (Å²) in [5.41, 5.74) is 2.55. The lowest BCUT2D eigenvalue weighted by Crippen LogP contribution is -2.40. The molecular formula is C19H22N6O3S. The Morgan fingerprint density at radius 1 is 1.21 bits per heavy atom. The van der Waals surface area contributed by atoms with Crippen LogP contribution in [0, 0.1) is 0 Å². The minimum Gasteiger partial charge on any atom is -0.444 e. The third-order valence-corrected chi connectivity index (χ3v) is 4.88. The molecule has 0 saturated carbocycles. The van der Waals surface area contributed by atoms with Crippen molar-refractivity contribution in [1.29, 1.82) is 0 Å². The second-order valence-electron chi connectivity index (χ2n) is 7.63. The lowest BCUT2D eigenvalue weighted by Gasteiger charge is -2.31. The van der Waals surface area contributed by atoms with E-state index in [1.165, 1.54) is 16.6 Å². The third-order valence-electron chi connectivity index (χ3n) is 4.34. The number of carbonyl (C=O) groups excluding carboxylic acids is 1. The Bertz CT molecular complexity index is 1060. The highest BCUT2D eigenvalue weighted by molar-refractivity contribution is 7.98. The van der Waals surface area contributed by atoms with Crippen LogP contribution in [0.15, 0.2) is 29.4 Å². The van der Waals surface area contributed by atoms with Crippen molar-refractivity contribution < 1.29 is 14.4 Å². The maximum absolute atomic E-state index is 12.5. The molecule has 1 aromatic carbocycles. The Balaban J connectivity index is 1.64. The SMILES string of the molecule is CSc1nc2c(c(On3nnc4ccccc43)n1)CCN(C(=O)OC(C)(C)C)C2. The van der Waals surface area contributed by atoms with Crippen LogP contribution in [0.5, 0.6) is 5.88 Å². The molecule has 0 atom stereocenters. The molecule has 0 unspecified atom stereocenters. The number of hydrogen-bond acceptors (Lipinski definition) is 8. The number of fused-ring (bicyclic) bond motifs is 2. The molecule has 10 heteroatoms. The van der Waals surface area contributed by atoms with Crippen LogP contribution in [0.3, 0.4) is 0 Å². The van der Waals surface area contributed by atoms with Gasteiger partial charge in [0.05, 0.1) is 12.2 Å². The standard InChI is InChI=1S/C19H22N6O3S/c1-19(2,3)27-18(26)24-10-9-12-14(11-24)20-17(29-4)21-16(12)28-25-15-8-6-5-7-13(15)22-23-25/h5-8H,9-11H2,1-4H3. The number of amides is 1. The zero-order chi connectivity index (χ0) is 20.6. The van der Waals surface area contributed by atoms with Crippen LogP contribution in [0.2, 0.25) is 0 Å². The summed E-state index contributed by atoms with van der Waals surface area (Å²) in [4.78, 5) is 30.6. The zero-order valence-electron chi connectivity index (χ0n) is 16.7. The van der Waals surface area contributed by atoms with Crippen molar-refractivity contribution in [3.05, 3.63) is 35.5 Å². The topological polar surface area (TPSA) is 95.3 Å². The molecular weight excluding hydrogens is 392 g/mol. The maximum Gasteiger partial charge on any atom is 0.410 e. The Kier molecular flexibility index (Phi) is 5.03. The van der Waals surface area contributed by atoms with E-state index in [-0.39, 0.29) is 6.09 Å². The molecule has 0 saturated heterocycles. The molecule has 1 aliphatic rings. The van der Waals surface area contributed by atoms with E-state index in [1.807, 2.05) is 51.3 Å². The summed E-state index contributed by atoms with van der Waals surface area (Å²) >= 11 is 1.41. The van der Waals surface area contributed by atoms with Crippen LogP contribution in [0.4, 0.5) is 4.79 Å². The number of aromatic nitrogens is 5. The normalized spacial score (nSPS) is 14.0. The molecule has 0 N–H and O–H groups in total. The molecule has 0 spiro atoms.